The van der Waals surface area contributed by atoms with E-state index in [2.05, 4.69) is 32.9 Å². The van der Waals surface area contributed by atoms with Gasteiger partial charge in [0.15, 0.2) is 0 Å². The van der Waals surface area contributed by atoms with Crippen molar-refractivity contribution in [2.75, 3.05) is 5.73 Å². The van der Waals surface area contributed by atoms with Crippen molar-refractivity contribution in [2.45, 2.75) is 32.6 Å². The first-order valence-corrected chi connectivity index (χ1v) is 5.17. The fraction of sp³-hybridized carbons (Fsp3) is 0.385. The van der Waals surface area contributed by atoms with E-state index in [1.54, 1.807) is 0 Å². The van der Waals surface area contributed by atoms with Gasteiger partial charge >= 0.3 is 0 Å². The summed E-state index contributed by atoms with van der Waals surface area (Å²) in [6.45, 7) is 6.75. The van der Waals surface area contributed by atoms with Gasteiger partial charge in [-0.05, 0) is 18.1 Å². The van der Waals surface area contributed by atoms with Crippen LogP contribution in [0.2, 0.25) is 0 Å². The summed E-state index contributed by atoms with van der Waals surface area (Å²) < 4.78 is 0. The van der Waals surface area contributed by atoms with Gasteiger partial charge in [-0.2, -0.15) is 0 Å². The van der Waals surface area contributed by atoms with Crippen molar-refractivity contribution in [3.63, 3.8) is 0 Å². The molecule has 0 fully saturated rings. The van der Waals surface area contributed by atoms with Crippen LogP contribution in [0.15, 0.2) is 23.8 Å². The van der Waals surface area contributed by atoms with E-state index in [1.165, 1.54) is 16.7 Å². The number of nitrogen functional groups attached to an aromatic ring is 1. The van der Waals surface area contributed by atoms with E-state index in [0.29, 0.717) is 0 Å². The lowest BCUT2D eigenvalue weighted by Crippen LogP contribution is -2.16. The molecule has 0 spiro atoms. The summed E-state index contributed by atoms with van der Waals surface area (Å²) in [5.41, 5.74) is 11.1. The molecule has 0 amide bonds. The van der Waals surface area contributed by atoms with Gasteiger partial charge in [-0.25, -0.2) is 0 Å². The van der Waals surface area contributed by atoms with Crippen LogP contribution in [-0.4, -0.2) is 0 Å². The smallest absolute Gasteiger partial charge is 0.0390 e. The molecule has 1 nitrogen and oxygen atoms in total. The third kappa shape index (κ3) is 1.08. The number of fused-ring (bicyclic) bond motifs is 1. The Morgan fingerprint density at radius 1 is 1.29 bits per heavy atom. The summed E-state index contributed by atoms with van der Waals surface area (Å²) in [5, 5.41) is 0. The maximum Gasteiger partial charge on any atom is 0.0390 e. The molecule has 2 N–H and O–H groups in total. The molecule has 0 saturated carbocycles. The van der Waals surface area contributed by atoms with Gasteiger partial charge in [0.1, 0.15) is 0 Å². The molecule has 0 atom stereocenters. The Kier molecular flexibility index (Phi) is 1.91. The molecule has 1 heteroatoms. The molecular weight excluding hydrogens is 170 g/mol. The molecular formula is C13H17N. The summed E-state index contributed by atoms with van der Waals surface area (Å²) >= 11 is 0. The van der Waals surface area contributed by atoms with Crippen LogP contribution in [0.25, 0.3) is 6.08 Å². The van der Waals surface area contributed by atoms with Crippen molar-refractivity contribution >= 4 is 11.8 Å². The van der Waals surface area contributed by atoms with Gasteiger partial charge in [0, 0.05) is 16.7 Å². The Morgan fingerprint density at radius 3 is 2.57 bits per heavy atom. The molecule has 74 valence electrons. The fourth-order valence-electron chi connectivity index (χ4n) is 2.36. The molecule has 1 aromatic carbocycles. The first-order chi connectivity index (χ1) is 6.57. The average Bonchev–Trinajstić information content (AvgIpc) is 2.40. The lowest BCUT2D eigenvalue weighted by atomic mass is 9.80. The van der Waals surface area contributed by atoms with E-state index in [1.807, 2.05) is 12.1 Å². The Balaban J connectivity index is 2.65. The van der Waals surface area contributed by atoms with E-state index in [-0.39, 0.29) is 5.41 Å². The molecule has 0 unspecified atom stereocenters. The van der Waals surface area contributed by atoms with Gasteiger partial charge in [-0.15, -0.1) is 0 Å². The molecule has 1 aromatic rings. The van der Waals surface area contributed by atoms with Crippen LogP contribution in [0.5, 0.6) is 0 Å². The lowest BCUT2D eigenvalue weighted by molar-refractivity contribution is 0.618. The highest BCUT2D eigenvalue weighted by Gasteiger charge is 2.32. The predicted octanol–water partition coefficient (Wildman–Crippen LogP) is 3.35. The zero-order valence-electron chi connectivity index (χ0n) is 9.09. The van der Waals surface area contributed by atoms with Gasteiger partial charge in [0.05, 0.1) is 0 Å². The van der Waals surface area contributed by atoms with Crippen molar-refractivity contribution in [1.29, 1.82) is 0 Å². The van der Waals surface area contributed by atoms with Crippen molar-refractivity contribution in [3.8, 4) is 0 Å². The maximum atomic E-state index is 5.97. The molecule has 0 radical (unpaired) electrons. The van der Waals surface area contributed by atoms with Gasteiger partial charge in [0.2, 0.25) is 0 Å². The molecule has 0 heterocycles. The number of nitrogens with two attached hydrogens (primary N) is 1. The highest BCUT2D eigenvalue weighted by Crippen LogP contribution is 2.44. The zero-order valence-corrected chi connectivity index (χ0v) is 9.09. The number of benzene rings is 1. The Hall–Kier alpha value is -1.24. The minimum Gasteiger partial charge on any atom is -0.398 e. The highest BCUT2D eigenvalue weighted by atomic mass is 14.6. The highest BCUT2D eigenvalue weighted by molar-refractivity contribution is 5.77. The minimum absolute atomic E-state index is 0.166. The summed E-state index contributed by atoms with van der Waals surface area (Å²) in [6, 6.07) is 6.21. The minimum atomic E-state index is 0.166. The Labute approximate surface area is 85.6 Å². The second-order valence-corrected chi connectivity index (χ2v) is 4.46. The van der Waals surface area contributed by atoms with Crippen LogP contribution in [0.1, 0.15) is 38.3 Å². The van der Waals surface area contributed by atoms with Gasteiger partial charge < -0.3 is 5.73 Å². The molecule has 0 aliphatic heterocycles. The second kappa shape index (κ2) is 2.88. The van der Waals surface area contributed by atoms with E-state index in [0.717, 1.165) is 12.1 Å². The number of hydrogen-bond donors (Lipinski definition) is 1. The molecule has 0 saturated heterocycles. The molecule has 1 aliphatic carbocycles. The van der Waals surface area contributed by atoms with Crippen molar-refractivity contribution < 1.29 is 0 Å². The van der Waals surface area contributed by atoms with Gasteiger partial charge in [-0.3, -0.25) is 0 Å². The number of hydrogen-bond acceptors (Lipinski definition) is 1. The average molecular weight is 187 g/mol. The maximum absolute atomic E-state index is 5.97. The Morgan fingerprint density at radius 2 is 2.00 bits per heavy atom. The summed E-state index contributed by atoms with van der Waals surface area (Å²) in [6.07, 6.45) is 3.35. The topological polar surface area (TPSA) is 26.0 Å². The van der Waals surface area contributed by atoms with Gasteiger partial charge in [0.25, 0.3) is 0 Å². The van der Waals surface area contributed by atoms with Crippen LogP contribution in [0.3, 0.4) is 0 Å². The monoisotopic (exact) mass is 187 g/mol. The third-order valence-corrected chi connectivity index (χ3v) is 3.32. The SMILES string of the molecule is CCC1=Cc2c(N)cccc2C1(C)C. The number of allylic oxidation sites excluding steroid dienone is 1. The van der Waals surface area contributed by atoms with Crippen LogP contribution in [0.4, 0.5) is 5.69 Å². The number of rotatable bonds is 1. The van der Waals surface area contributed by atoms with Gasteiger partial charge in [-0.1, -0.05) is 44.6 Å². The first-order valence-electron chi connectivity index (χ1n) is 5.17. The van der Waals surface area contributed by atoms with Crippen LogP contribution < -0.4 is 5.73 Å². The summed E-state index contributed by atoms with van der Waals surface area (Å²) in [5.74, 6) is 0. The molecule has 0 bridgehead atoms. The standard InChI is InChI=1S/C13H17N/c1-4-9-8-10-11(13(9,2)3)6-5-7-12(10)14/h5-8H,4,14H2,1-3H3. The van der Waals surface area contributed by atoms with Crippen molar-refractivity contribution in [2.24, 2.45) is 0 Å². The van der Waals surface area contributed by atoms with E-state index in [9.17, 15) is 0 Å². The fourth-order valence-corrected chi connectivity index (χ4v) is 2.36. The van der Waals surface area contributed by atoms with E-state index < -0.39 is 0 Å². The van der Waals surface area contributed by atoms with E-state index >= 15 is 0 Å². The Bertz CT molecular complexity index is 400. The quantitative estimate of drug-likeness (QED) is 0.670. The van der Waals surface area contributed by atoms with Crippen LogP contribution in [-0.2, 0) is 5.41 Å². The first kappa shape index (κ1) is 9.32. The number of anilines is 1. The third-order valence-electron chi connectivity index (χ3n) is 3.32. The van der Waals surface area contributed by atoms with Crippen LogP contribution >= 0.6 is 0 Å². The van der Waals surface area contributed by atoms with Crippen molar-refractivity contribution in [3.05, 3.63) is 34.9 Å². The summed E-state index contributed by atoms with van der Waals surface area (Å²) in [7, 11) is 0. The van der Waals surface area contributed by atoms with Crippen molar-refractivity contribution in [1.82, 2.24) is 0 Å². The van der Waals surface area contributed by atoms with E-state index in [4.69, 9.17) is 5.73 Å². The summed E-state index contributed by atoms with van der Waals surface area (Å²) in [4.78, 5) is 0. The molecule has 2 rings (SSSR count). The zero-order chi connectivity index (χ0) is 10.3. The largest absolute Gasteiger partial charge is 0.398 e. The lowest BCUT2D eigenvalue weighted by Gasteiger charge is -2.24. The molecule has 1 aliphatic rings. The molecule has 0 aromatic heterocycles. The van der Waals surface area contributed by atoms with Crippen LogP contribution in [0, 0.1) is 0 Å². The second-order valence-electron chi connectivity index (χ2n) is 4.46. The normalized spacial score (nSPS) is 17.8. The predicted molar refractivity (Wildman–Crippen MR) is 62.1 cm³/mol. The molecule has 14 heavy (non-hydrogen) atoms.